The number of halogens is 3. The van der Waals surface area contributed by atoms with E-state index in [1.165, 1.54) is 37.3 Å². The molecular weight excluding hydrogens is 385 g/mol. The van der Waals surface area contributed by atoms with Crippen LogP contribution in [0.3, 0.4) is 0 Å². The van der Waals surface area contributed by atoms with Gasteiger partial charge in [-0.1, -0.05) is 6.07 Å². The third-order valence-electron chi connectivity index (χ3n) is 3.30. The number of alkyl halides is 3. The van der Waals surface area contributed by atoms with E-state index < -0.39 is 35.0 Å². The van der Waals surface area contributed by atoms with E-state index in [4.69, 9.17) is 4.74 Å². The molecule has 2 rings (SSSR count). The van der Waals surface area contributed by atoms with Gasteiger partial charge in [-0.25, -0.2) is 4.79 Å². The van der Waals surface area contributed by atoms with Gasteiger partial charge in [0.05, 0.1) is 10.5 Å². The third kappa shape index (κ3) is 5.97. The SMILES string of the molecule is CC(OC(=O)c1cccc([N+](=O)[O-])c1)C(=O)Nc1ccc(OC(F)(F)F)cc1. The van der Waals surface area contributed by atoms with Crippen molar-refractivity contribution < 1.29 is 37.2 Å². The first-order chi connectivity index (χ1) is 13.0. The summed E-state index contributed by atoms with van der Waals surface area (Å²) in [6.45, 7) is 1.27. The summed E-state index contributed by atoms with van der Waals surface area (Å²) in [4.78, 5) is 34.1. The zero-order valence-corrected chi connectivity index (χ0v) is 14.2. The van der Waals surface area contributed by atoms with Crippen LogP contribution in [0.25, 0.3) is 0 Å². The number of carbonyl (C=O) groups excluding carboxylic acids is 2. The molecule has 0 fully saturated rings. The van der Waals surface area contributed by atoms with Crippen LogP contribution in [0.4, 0.5) is 24.5 Å². The molecule has 8 nitrogen and oxygen atoms in total. The van der Waals surface area contributed by atoms with Crippen molar-refractivity contribution in [1.82, 2.24) is 0 Å². The maximum Gasteiger partial charge on any atom is 0.573 e. The lowest BCUT2D eigenvalue weighted by Crippen LogP contribution is -2.30. The number of anilines is 1. The molecule has 28 heavy (non-hydrogen) atoms. The van der Waals surface area contributed by atoms with E-state index in [2.05, 4.69) is 10.1 Å². The van der Waals surface area contributed by atoms with Crippen LogP contribution in [0.2, 0.25) is 0 Å². The average molecular weight is 398 g/mol. The summed E-state index contributed by atoms with van der Waals surface area (Å²) in [5.41, 5.74) is -0.270. The number of ether oxygens (including phenoxy) is 2. The molecule has 0 aromatic heterocycles. The monoisotopic (exact) mass is 398 g/mol. The van der Waals surface area contributed by atoms with Gasteiger partial charge in [-0.2, -0.15) is 0 Å². The predicted octanol–water partition coefficient (Wildman–Crippen LogP) is 3.68. The Bertz CT molecular complexity index is 883. The Kier molecular flexibility index (Phi) is 6.18. The molecule has 1 amide bonds. The number of nitro benzene ring substituents is 1. The summed E-state index contributed by atoms with van der Waals surface area (Å²) in [6.07, 6.45) is -6.10. The Morgan fingerprint density at radius 3 is 2.36 bits per heavy atom. The minimum absolute atomic E-state index is 0.109. The topological polar surface area (TPSA) is 108 Å². The molecule has 1 atom stereocenters. The largest absolute Gasteiger partial charge is 0.573 e. The van der Waals surface area contributed by atoms with Gasteiger partial charge in [-0.3, -0.25) is 14.9 Å². The number of hydrogen-bond acceptors (Lipinski definition) is 6. The number of esters is 1. The average Bonchev–Trinajstić information content (AvgIpc) is 2.62. The molecule has 0 spiro atoms. The summed E-state index contributed by atoms with van der Waals surface area (Å²) in [6, 6.07) is 9.14. The number of benzene rings is 2. The van der Waals surface area contributed by atoms with Crippen LogP contribution in [-0.2, 0) is 9.53 Å². The second-order valence-corrected chi connectivity index (χ2v) is 5.42. The highest BCUT2D eigenvalue weighted by atomic mass is 19.4. The second kappa shape index (κ2) is 8.37. The molecule has 0 aliphatic heterocycles. The van der Waals surface area contributed by atoms with Crippen molar-refractivity contribution in [1.29, 1.82) is 0 Å². The van der Waals surface area contributed by atoms with Gasteiger partial charge in [0.25, 0.3) is 11.6 Å². The Labute approximate surface area is 156 Å². The molecular formula is C17H13F3N2O6. The molecule has 0 bridgehead atoms. The lowest BCUT2D eigenvalue weighted by Gasteiger charge is -2.14. The van der Waals surface area contributed by atoms with Crippen LogP contribution in [-0.4, -0.2) is 29.3 Å². The van der Waals surface area contributed by atoms with Crippen molar-refractivity contribution in [3.63, 3.8) is 0 Å². The van der Waals surface area contributed by atoms with Crippen molar-refractivity contribution in [3.05, 3.63) is 64.2 Å². The van der Waals surface area contributed by atoms with E-state index in [1.807, 2.05) is 0 Å². The molecule has 0 saturated heterocycles. The highest BCUT2D eigenvalue weighted by Gasteiger charge is 2.31. The number of hydrogen-bond donors (Lipinski definition) is 1. The van der Waals surface area contributed by atoms with Crippen molar-refractivity contribution in [2.45, 2.75) is 19.4 Å². The van der Waals surface area contributed by atoms with Gasteiger partial charge in [0.15, 0.2) is 6.10 Å². The molecule has 148 valence electrons. The Morgan fingerprint density at radius 1 is 1.14 bits per heavy atom. The third-order valence-corrected chi connectivity index (χ3v) is 3.30. The number of nitrogens with one attached hydrogen (secondary N) is 1. The highest BCUT2D eigenvalue weighted by molar-refractivity contribution is 5.97. The molecule has 1 unspecified atom stereocenters. The first-order valence-corrected chi connectivity index (χ1v) is 7.67. The molecule has 11 heteroatoms. The van der Waals surface area contributed by atoms with Gasteiger partial charge < -0.3 is 14.8 Å². The molecule has 2 aromatic carbocycles. The maximum absolute atomic E-state index is 12.1. The van der Waals surface area contributed by atoms with Crippen molar-refractivity contribution >= 4 is 23.3 Å². The Hall–Kier alpha value is -3.63. The standard InChI is InChI=1S/C17H13F3N2O6/c1-10(27-16(24)11-3-2-4-13(9-11)22(25)26)15(23)21-12-5-7-14(8-6-12)28-17(18,19)20/h2-10H,1H3,(H,21,23). The van der Waals surface area contributed by atoms with Gasteiger partial charge in [0, 0.05) is 17.8 Å². The van der Waals surface area contributed by atoms with Crippen LogP contribution < -0.4 is 10.1 Å². The van der Waals surface area contributed by atoms with Crippen molar-refractivity contribution in [3.8, 4) is 5.75 Å². The Balaban J connectivity index is 1.96. The molecule has 0 aliphatic rings. The van der Waals surface area contributed by atoms with Crippen LogP contribution in [0, 0.1) is 10.1 Å². The van der Waals surface area contributed by atoms with Crippen LogP contribution >= 0.6 is 0 Å². The number of nitrogens with zero attached hydrogens (tertiary/aromatic N) is 1. The van der Waals surface area contributed by atoms with Gasteiger partial charge in [0.2, 0.25) is 0 Å². The quantitative estimate of drug-likeness (QED) is 0.452. The normalized spacial score (nSPS) is 12.0. The van der Waals surface area contributed by atoms with Crippen LogP contribution in [0.5, 0.6) is 5.75 Å². The number of carbonyl (C=O) groups is 2. The van der Waals surface area contributed by atoms with Gasteiger partial charge in [-0.15, -0.1) is 13.2 Å². The lowest BCUT2D eigenvalue weighted by atomic mass is 10.2. The molecule has 0 saturated carbocycles. The fraction of sp³-hybridized carbons (Fsp3) is 0.176. The lowest BCUT2D eigenvalue weighted by molar-refractivity contribution is -0.384. The summed E-state index contributed by atoms with van der Waals surface area (Å²) >= 11 is 0. The smallest absolute Gasteiger partial charge is 0.449 e. The van der Waals surface area contributed by atoms with E-state index in [0.29, 0.717) is 0 Å². The van der Waals surface area contributed by atoms with Gasteiger partial charge in [-0.05, 0) is 37.3 Å². The fourth-order valence-electron chi connectivity index (χ4n) is 2.01. The minimum Gasteiger partial charge on any atom is -0.449 e. The molecule has 0 radical (unpaired) electrons. The number of rotatable bonds is 6. The number of amides is 1. The van der Waals surface area contributed by atoms with Crippen molar-refractivity contribution in [2.24, 2.45) is 0 Å². The molecule has 2 aromatic rings. The van der Waals surface area contributed by atoms with Gasteiger partial charge >= 0.3 is 12.3 Å². The first-order valence-electron chi connectivity index (χ1n) is 7.67. The van der Waals surface area contributed by atoms with E-state index >= 15 is 0 Å². The summed E-state index contributed by atoms with van der Waals surface area (Å²) in [7, 11) is 0. The van der Waals surface area contributed by atoms with Gasteiger partial charge in [0.1, 0.15) is 5.75 Å². The fourth-order valence-corrected chi connectivity index (χ4v) is 2.01. The molecule has 0 heterocycles. The van der Waals surface area contributed by atoms with E-state index in [1.54, 1.807) is 0 Å². The number of nitro groups is 1. The zero-order valence-electron chi connectivity index (χ0n) is 14.2. The first kappa shape index (κ1) is 20.7. The minimum atomic E-state index is -4.83. The van der Waals surface area contributed by atoms with Crippen LogP contribution in [0.15, 0.2) is 48.5 Å². The summed E-state index contributed by atoms with van der Waals surface area (Å²) in [5.74, 6) is -2.15. The highest BCUT2D eigenvalue weighted by Crippen LogP contribution is 2.24. The van der Waals surface area contributed by atoms with E-state index in [9.17, 15) is 32.9 Å². The predicted molar refractivity (Wildman–Crippen MR) is 89.7 cm³/mol. The maximum atomic E-state index is 12.1. The summed E-state index contributed by atoms with van der Waals surface area (Å²) in [5, 5.41) is 13.1. The molecule has 0 aliphatic carbocycles. The van der Waals surface area contributed by atoms with E-state index in [-0.39, 0.29) is 16.9 Å². The van der Waals surface area contributed by atoms with Crippen LogP contribution in [0.1, 0.15) is 17.3 Å². The number of non-ortho nitro benzene ring substituents is 1. The van der Waals surface area contributed by atoms with E-state index in [0.717, 1.165) is 18.2 Å². The Morgan fingerprint density at radius 2 is 1.79 bits per heavy atom. The van der Waals surface area contributed by atoms with Crippen molar-refractivity contribution in [2.75, 3.05) is 5.32 Å². The summed E-state index contributed by atoms with van der Waals surface area (Å²) < 4.78 is 45.0. The molecule has 1 N–H and O–H groups in total. The zero-order chi connectivity index (χ0) is 20.9. The second-order valence-electron chi connectivity index (χ2n) is 5.42.